The summed E-state index contributed by atoms with van der Waals surface area (Å²) in [7, 11) is 1.57. The van der Waals surface area contributed by atoms with Gasteiger partial charge in [0.1, 0.15) is 23.0 Å². The van der Waals surface area contributed by atoms with Crippen molar-refractivity contribution in [3.8, 4) is 0 Å². The van der Waals surface area contributed by atoms with E-state index in [1.165, 1.54) is 27.1 Å². The molecule has 0 saturated heterocycles. The third kappa shape index (κ3) is 3.08. The number of aryl methyl sites for hydroxylation is 2. The normalized spacial score (nSPS) is 13.3. The Bertz CT molecular complexity index is 1010. The molecule has 130 valence electrons. The number of rotatable bonds is 5. The summed E-state index contributed by atoms with van der Waals surface area (Å²) in [6.45, 7) is 0.239. The summed E-state index contributed by atoms with van der Waals surface area (Å²) in [4.78, 5) is 31.3. The standard InChI is InChI=1S/C15H15N5O3S2/c1-23-6-11-18-19-15(25-11)17-10(21)5-20-7-16-13-12(14(20)22)8-3-2-4-9(8)24-13/h7H,2-6H2,1H3,(H,17,19,21). The number of thiophene rings is 1. The fourth-order valence-corrected chi connectivity index (χ4v) is 4.88. The zero-order valence-electron chi connectivity index (χ0n) is 13.4. The lowest BCUT2D eigenvalue weighted by atomic mass is 10.2. The molecule has 3 heterocycles. The zero-order chi connectivity index (χ0) is 17.4. The van der Waals surface area contributed by atoms with Crippen molar-refractivity contribution >= 4 is 43.9 Å². The number of nitrogens with zero attached hydrogens (tertiary/aromatic N) is 4. The van der Waals surface area contributed by atoms with Crippen LogP contribution in [0.15, 0.2) is 11.1 Å². The number of amides is 1. The summed E-state index contributed by atoms with van der Waals surface area (Å²) in [6.07, 6.45) is 4.44. The maximum absolute atomic E-state index is 12.7. The number of ether oxygens (including phenoxy) is 1. The minimum atomic E-state index is -0.338. The lowest BCUT2D eigenvalue weighted by molar-refractivity contribution is -0.116. The van der Waals surface area contributed by atoms with Gasteiger partial charge in [-0.2, -0.15) is 0 Å². The van der Waals surface area contributed by atoms with E-state index in [2.05, 4.69) is 20.5 Å². The van der Waals surface area contributed by atoms with Gasteiger partial charge in [-0.15, -0.1) is 21.5 Å². The van der Waals surface area contributed by atoms with E-state index in [1.807, 2.05) is 0 Å². The van der Waals surface area contributed by atoms with Crippen molar-refractivity contribution in [3.63, 3.8) is 0 Å². The van der Waals surface area contributed by atoms with E-state index < -0.39 is 0 Å². The predicted octanol–water partition coefficient (Wildman–Crippen LogP) is 1.58. The first kappa shape index (κ1) is 16.3. The Kier molecular flexibility index (Phi) is 4.32. The van der Waals surface area contributed by atoms with Crippen LogP contribution in [0.2, 0.25) is 0 Å². The summed E-state index contributed by atoms with van der Waals surface area (Å²) >= 11 is 2.82. The largest absolute Gasteiger partial charge is 0.377 e. The van der Waals surface area contributed by atoms with Crippen LogP contribution in [-0.4, -0.2) is 32.8 Å². The minimum Gasteiger partial charge on any atom is -0.377 e. The molecule has 8 nitrogen and oxygen atoms in total. The number of carbonyl (C=O) groups excluding carboxylic acids is 1. The van der Waals surface area contributed by atoms with Crippen LogP contribution in [0.1, 0.15) is 21.9 Å². The quantitative estimate of drug-likeness (QED) is 0.725. The van der Waals surface area contributed by atoms with E-state index >= 15 is 0 Å². The molecule has 25 heavy (non-hydrogen) atoms. The van der Waals surface area contributed by atoms with Crippen molar-refractivity contribution in [1.29, 1.82) is 0 Å². The van der Waals surface area contributed by atoms with Crippen LogP contribution >= 0.6 is 22.7 Å². The van der Waals surface area contributed by atoms with Gasteiger partial charge in [-0.05, 0) is 24.8 Å². The molecule has 0 aliphatic heterocycles. The fourth-order valence-electron chi connectivity index (χ4n) is 2.93. The fraction of sp³-hybridized carbons (Fsp3) is 0.400. The van der Waals surface area contributed by atoms with E-state index in [1.54, 1.807) is 18.4 Å². The third-order valence-electron chi connectivity index (χ3n) is 3.99. The van der Waals surface area contributed by atoms with E-state index in [9.17, 15) is 9.59 Å². The number of nitrogens with one attached hydrogen (secondary N) is 1. The molecule has 0 bridgehead atoms. The van der Waals surface area contributed by atoms with Gasteiger partial charge in [-0.1, -0.05) is 11.3 Å². The van der Waals surface area contributed by atoms with Crippen LogP contribution in [-0.2, 0) is 35.5 Å². The molecule has 4 rings (SSSR count). The Morgan fingerprint density at radius 3 is 3.08 bits per heavy atom. The van der Waals surface area contributed by atoms with E-state index in [0.717, 1.165) is 29.7 Å². The van der Waals surface area contributed by atoms with Crippen LogP contribution in [0.25, 0.3) is 10.2 Å². The number of anilines is 1. The molecule has 3 aromatic heterocycles. The maximum atomic E-state index is 12.7. The Balaban J connectivity index is 1.54. The molecule has 0 radical (unpaired) electrons. The third-order valence-corrected chi connectivity index (χ3v) is 6.00. The van der Waals surface area contributed by atoms with Crippen LogP contribution in [0.4, 0.5) is 5.13 Å². The molecule has 0 atom stereocenters. The van der Waals surface area contributed by atoms with Gasteiger partial charge >= 0.3 is 0 Å². The van der Waals surface area contributed by atoms with Crippen molar-refractivity contribution in [3.05, 3.63) is 32.1 Å². The number of hydrogen-bond donors (Lipinski definition) is 1. The molecule has 1 aliphatic carbocycles. The second-order valence-corrected chi connectivity index (χ2v) is 7.84. The second kappa shape index (κ2) is 6.62. The van der Waals surface area contributed by atoms with Gasteiger partial charge in [0.15, 0.2) is 0 Å². The molecule has 0 unspecified atom stereocenters. The second-order valence-electron chi connectivity index (χ2n) is 5.70. The van der Waals surface area contributed by atoms with Gasteiger partial charge in [-0.3, -0.25) is 19.5 Å². The topological polar surface area (TPSA) is 99.0 Å². The first-order valence-electron chi connectivity index (χ1n) is 7.76. The monoisotopic (exact) mass is 377 g/mol. The maximum Gasteiger partial charge on any atom is 0.262 e. The van der Waals surface area contributed by atoms with Gasteiger partial charge < -0.3 is 4.74 Å². The average molecular weight is 377 g/mol. The van der Waals surface area contributed by atoms with Crippen molar-refractivity contribution in [2.45, 2.75) is 32.4 Å². The van der Waals surface area contributed by atoms with E-state index in [-0.39, 0.29) is 18.0 Å². The highest BCUT2D eigenvalue weighted by molar-refractivity contribution is 7.18. The number of hydrogen-bond acceptors (Lipinski definition) is 8. The first-order chi connectivity index (χ1) is 12.2. The van der Waals surface area contributed by atoms with Gasteiger partial charge in [0.05, 0.1) is 11.7 Å². The van der Waals surface area contributed by atoms with Gasteiger partial charge in [0.2, 0.25) is 11.0 Å². The zero-order valence-corrected chi connectivity index (χ0v) is 15.1. The van der Waals surface area contributed by atoms with E-state index in [4.69, 9.17) is 4.74 Å². The van der Waals surface area contributed by atoms with Gasteiger partial charge in [0, 0.05) is 12.0 Å². The Morgan fingerprint density at radius 1 is 1.36 bits per heavy atom. The molecule has 1 aliphatic rings. The molecule has 0 fully saturated rings. The van der Waals surface area contributed by atoms with Crippen LogP contribution < -0.4 is 10.9 Å². The van der Waals surface area contributed by atoms with Crippen molar-refractivity contribution in [2.24, 2.45) is 0 Å². The molecule has 0 aromatic carbocycles. The van der Waals surface area contributed by atoms with E-state index in [0.29, 0.717) is 22.1 Å². The van der Waals surface area contributed by atoms with Crippen LogP contribution in [0, 0.1) is 0 Å². The highest BCUT2D eigenvalue weighted by Crippen LogP contribution is 2.34. The SMILES string of the molecule is COCc1nnc(NC(=O)Cn2cnc3sc4c(c3c2=O)CCC4)s1. The molecule has 10 heteroatoms. The average Bonchev–Trinajstić information content (AvgIpc) is 3.26. The molecular weight excluding hydrogens is 362 g/mol. The number of methoxy groups -OCH3 is 1. The van der Waals surface area contributed by atoms with Gasteiger partial charge in [0.25, 0.3) is 5.56 Å². The lowest BCUT2D eigenvalue weighted by Gasteiger charge is -2.05. The van der Waals surface area contributed by atoms with Crippen LogP contribution in [0.3, 0.4) is 0 Å². The Hall–Kier alpha value is -2.17. The first-order valence-corrected chi connectivity index (χ1v) is 9.40. The molecule has 0 spiro atoms. The molecule has 1 N–H and O–H groups in total. The lowest BCUT2D eigenvalue weighted by Crippen LogP contribution is -2.28. The Labute approximate surface area is 150 Å². The number of carbonyl (C=O) groups is 1. The predicted molar refractivity (Wildman–Crippen MR) is 95.2 cm³/mol. The highest BCUT2D eigenvalue weighted by atomic mass is 32.1. The number of fused-ring (bicyclic) bond motifs is 3. The molecule has 1 amide bonds. The summed E-state index contributed by atoms with van der Waals surface area (Å²) in [5, 5.41) is 12.2. The molecule has 0 saturated carbocycles. The number of aromatic nitrogens is 4. The highest BCUT2D eigenvalue weighted by Gasteiger charge is 2.21. The summed E-state index contributed by atoms with van der Waals surface area (Å²) in [5.41, 5.74) is 0.956. The van der Waals surface area contributed by atoms with Crippen molar-refractivity contribution < 1.29 is 9.53 Å². The smallest absolute Gasteiger partial charge is 0.262 e. The molecule has 3 aromatic rings. The van der Waals surface area contributed by atoms with Crippen LogP contribution in [0.5, 0.6) is 0 Å². The van der Waals surface area contributed by atoms with Crippen molar-refractivity contribution in [1.82, 2.24) is 19.7 Å². The Morgan fingerprint density at radius 2 is 2.24 bits per heavy atom. The van der Waals surface area contributed by atoms with Gasteiger partial charge in [-0.25, -0.2) is 4.98 Å². The summed E-state index contributed by atoms with van der Waals surface area (Å²) in [6, 6.07) is 0. The summed E-state index contributed by atoms with van der Waals surface area (Å²) in [5.74, 6) is -0.338. The van der Waals surface area contributed by atoms with Crippen molar-refractivity contribution in [2.75, 3.05) is 12.4 Å². The molecular formula is C15H15N5O3S2. The summed E-state index contributed by atoms with van der Waals surface area (Å²) < 4.78 is 6.32. The minimum absolute atomic E-state index is 0.106.